The number of carbonyl (C=O) groups excluding carboxylic acids is 1. The lowest BCUT2D eigenvalue weighted by Gasteiger charge is -2.18. The second-order valence-electron chi connectivity index (χ2n) is 7.33. The van der Waals surface area contributed by atoms with Gasteiger partial charge in [0.15, 0.2) is 0 Å². The Hall–Kier alpha value is -3.73. The monoisotopic (exact) mass is 400 g/mol. The predicted octanol–water partition coefficient (Wildman–Crippen LogP) is 5.63. The first kappa shape index (κ1) is 21.0. The lowest BCUT2D eigenvalue weighted by molar-refractivity contribution is -0.384. The van der Waals surface area contributed by atoms with E-state index in [1.54, 1.807) is 18.2 Å². The number of rotatable bonds is 6. The van der Waals surface area contributed by atoms with E-state index in [2.05, 4.69) is 11.4 Å². The van der Waals surface area contributed by atoms with Gasteiger partial charge in [-0.25, -0.2) is 0 Å². The van der Waals surface area contributed by atoms with Crippen LogP contribution in [0.1, 0.15) is 40.8 Å². The Morgan fingerprint density at radius 1 is 1.00 bits per heavy atom. The molecule has 0 aliphatic rings. The smallest absolute Gasteiger partial charge is 0.270 e. The fourth-order valence-electron chi connectivity index (χ4n) is 3.46. The van der Waals surface area contributed by atoms with E-state index in [1.807, 2.05) is 63.2 Å². The molecule has 5 nitrogen and oxygen atoms in total. The SMILES string of the molecule is Cc1ccc([C@@H](C)NC(=O)/C(=C/c2cccc([N+](=O)[O-])c2)c2ccccc2)c(C)c1. The Kier molecular flexibility index (Phi) is 6.42. The number of benzene rings is 3. The molecule has 0 aromatic heterocycles. The maximum Gasteiger partial charge on any atom is 0.270 e. The molecule has 5 heteroatoms. The lowest BCUT2D eigenvalue weighted by Crippen LogP contribution is -2.28. The zero-order chi connectivity index (χ0) is 21.7. The second kappa shape index (κ2) is 9.18. The molecule has 1 amide bonds. The third kappa shape index (κ3) is 5.00. The molecule has 0 aliphatic carbocycles. The van der Waals surface area contributed by atoms with Crippen LogP contribution >= 0.6 is 0 Å². The van der Waals surface area contributed by atoms with Crippen LogP contribution in [0.4, 0.5) is 5.69 Å². The molecule has 30 heavy (non-hydrogen) atoms. The van der Waals surface area contributed by atoms with Gasteiger partial charge >= 0.3 is 0 Å². The minimum Gasteiger partial charge on any atom is -0.345 e. The Labute approximate surface area is 176 Å². The van der Waals surface area contributed by atoms with Gasteiger partial charge < -0.3 is 5.32 Å². The van der Waals surface area contributed by atoms with E-state index >= 15 is 0 Å². The third-order valence-corrected chi connectivity index (χ3v) is 4.96. The van der Waals surface area contributed by atoms with E-state index in [1.165, 1.54) is 17.7 Å². The van der Waals surface area contributed by atoms with E-state index in [0.717, 1.165) is 16.7 Å². The molecule has 3 aromatic rings. The molecule has 0 heterocycles. The van der Waals surface area contributed by atoms with Crippen molar-refractivity contribution < 1.29 is 9.72 Å². The average molecular weight is 400 g/mol. The number of nitrogens with one attached hydrogen (secondary N) is 1. The summed E-state index contributed by atoms with van der Waals surface area (Å²) in [5.74, 6) is -0.236. The highest BCUT2D eigenvalue weighted by molar-refractivity contribution is 6.24. The number of nitro groups is 1. The number of hydrogen-bond donors (Lipinski definition) is 1. The summed E-state index contributed by atoms with van der Waals surface area (Å²) >= 11 is 0. The summed E-state index contributed by atoms with van der Waals surface area (Å²) in [5, 5.41) is 14.2. The molecule has 3 rings (SSSR count). The Balaban J connectivity index is 1.95. The Morgan fingerprint density at radius 2 is 1.73 bits per heavy atom. The van der Waals surface area contributed by atoms with Crippen molar-refractivity contribution in [2.45, 2.75) is 26.8 Å². The van der Waals surface area contributed by atoms with Crippen molar-refractivity contribution in [2.75, 3.05) is 0 Å². The molecular weight excluding hydrogens is 376 g/mol. The van der Waals surface area contributed by atoms with Crippen molar-refractivity contribution in [3.63, 3.8) is 0 Å². The molecule has 3 aromatic carbocycles. The van der Waals surface area contributed by atoms with E-state index in [0.29, 0.717) is 11.1 Å². The maximum atomic E-state index is 13.2. The summed E-state index contributed by atoms with van der Waals surface area (Å²) in [4.78, 5) is 23.9. The number of nitro benzene ring substituents is 1. The van der Waals surface area contributed by atoms with Crippen molar-refractivity contribution in [1.29, 1.82) is 0 Å². The minimum atomic E-state index is -0.443. The quantitative estimate of drug-likeness (QED) is 0.252. The van der Waals surface area contributed by atoms with Crippen LogP contribution in [-0.2, 0) is 4.79 Å². The highest BCUT2D eigenvalue weighted by atomic mass is 16.6. The molecule has 0 spiro atoms. The summed E-state index contributed by atoms with van der Waals surface area (Å²) in [6.07, 6.45) is 1.69. The van der Waals surface area contributed by atoms with Crippen molar-refractivity contribution in [2.24, 2.45) is 0 Å². The van der Waals surface area contributed by atoms with Crippen molar-refractivity contribution >= 4 is 23.2 Å². The van der Waals surface area contributed by atoms with Gasteiger partial charge in [0.1, 0.15) is 0 Å². The average Bonchev–Trinajstić information content (AvgIpc) is 2.72. The van der Waals surface area contributed by atoms with Crippen LogP contribution in [-0.4, -0.2) is 10.8 Å². The summed E-state index contributed by atoms with van der Waals surface area (Å²) in [5.41, 5.74) is 5.12. The van der Waals surface area contributed by atoms with Gasteiger partial charge in [0.05, 0.1) is 11.0 Å². The fraction of sp³-hybridized carbons (Fsp3) is 0.160. The minimum absolute atomic E-state index is 0.0137. The normalized spacial score (nSPS) is 12.3. The Morgan fingerprint density at radius 3 is 2.40 bits per heavy atom. The molecule has 0 saturated carbocycles. The summed E-state index contributed by atoms with van der Waals surface area (Å²) < 4.78 is 0. The Bertz CT molecular complexity index is 1100. The lowest BCUT2D eigenvalue weighted by atomic mass is 9.98. The molecule has 1 atom stereocenters. The van der Waals surface area contributed by atoms with E-state index < -0.39 is 4.92 Å². The van der Waals surface area contributed by atoms with Crippen molar-refractivity contribution in [3.05, 3.63) is 111 Å². The zero-order valence-corrected chi connectivity index (χ0v) is 17.3. The fourth-order valence-corrected chi connectivity index (χ4v) is 3.46. The van der Waals surface area contributed by atoms with Crippen molar-refractivity contribution in [3.8, 4) is 0 Å². The molecule has 0 saturated heterocycles. The van der Waals surface area contributed by atoms with Gasteiger partial charge in [-0.05, 0) is 49.1 Å². The van der Waals surface area contributed by atoms with Gasteiger partial charge in [-0.2, -0.15) is 0 Å². The first-order valence-corrected chi connectivity index (χ1v) is 9.75. The van der Waals surface area contributed by atoms with Crippen LogP contribution in [0, 0.1) is 24.0 Å². The predicted molar refractivity (Wildman–Crippen MR) is 120 cm³/mol. The van der Waals surface area contributed by atoms with Gasteiger partial charge in [0.25, 0.3) is 11.6 Å². The maximum absolute atomic E-state index is 13.2. The van der Waals surface area contributed by atoms with Crippen LogP contribution in [0.25, 0.3) is 11.6 Å². The molecule has 0 aliphatic heterocycles. The molecule has 152 valence electrons. The van der Waals surface area contributed by atoms with E-state index in [4.69, 9.17) is 0 Å². The topological polar surface area (TPSA) is 72.2 Å². The van der Waals surface area contributed by atoms with E-state index in [9.17, 15) is 14.9 Å². The number of hydrogen-bond acceptors (Lipinski definition) is 3. The zero-order valence-electron chi connectivity index (χ0n) is 17.3. The van der Waals surface area contributed by atoms with Gasteiger partial charge in [-0.3, -0.25) is 14.9 Å². The largest absolute Gasteiger partial charge is 0.345 e. The number of aryl methyl sites for hydroxylation is 2. The molecule has 0 bridgehead atoms. The van der Waals surface area contributed by atoms with Crippen molar-refractivity contribution in [1.82, 2.24) is 5.32 Å². The molecule has 1 N–H and O–H groups in total. The second-order valence-corrected chi connectivity index (χ2v) is 7.33. The number of carbonyl (C=O) groups is 1. The standard InChI is InChI=1S/C25H24N2O3/c1-17-12-13-23(18(2)14-17)19(3)26-25(28)24(21-9-5-4-6-10-21)16-20-8-7-11-22(15-20)27(29)30/h4-16,19H,1-3H3,(H,26,28)/b24-16+/t19-/m1/s1. The van der Waals surface area contributed by atoms with Crippen LogP contribution in [0.15, 0.2) is 72.8 Å². The first-order valence-electron chi connectivity index (χ1n) is 9.75. The van der Waals surface area contributed by atoms with Crippen LogP contribution in [0.2, 0.25) is 0 Å². The van der Waals surface area contributed by atoms with Gasteiger partial charge in [0.2, 0.25) is 0 Å². The molecule has 0 unspecified atom stereocenters. The number of non-ortho nitro benzene ring substituents is 1. The van der Waals surface area contributed by atoms with Gasteiger partial charge in [0, 0.05) is 17.7 Å². The summed E-state index contributed by atoms with van der Waals surface area (Å²) in [6, 6.07) is 21.5. The van der Waals surface area contributed by atoms with Gasteiger partial charge in [-0.15, -0.1) is 0 Å². The number of nitrogens with zero attached hydrogens (tertiary/aromatic N) is 1. The molecule has 0 fully saturated rings. The molecular formula is C25H24N2O3. The summed E-state index contributed by atoms with van der Waals surface area (Å²) in [7, 11) is 0. The van der Waals surface area contributed by atoms with Crippen LogP contribution < -0.4 is 5.32 Å². The van der Waals surface area contributed by atoms with Crippen LogP contribution in [0.5, 0.6) is 0 Å². The highest BCUT2D eigenvalue weighted by Crippen LogP contribution is 2.24. The van der Waals surface area contributed by atoms with Gasteiger partial charge in [-0.1, -0.05) is 66.2 Å². The summed E-state index contributed by atoms with van der Waals surface area (Å²) in [6.45, 7) is 6.02. The van der Waals surface area contributed by atoms with Crippen LogP contribution in [0.3, 0.4) is 0 Å². The third-order valence-electron chi connectivity index (χ3n) is 4.96. The molecule has 0 radical (unpaired) electrons. The number of amides is 1. The first-order chi connectivity index (χ1) is 14.3. The van der Waals surface area contributed by atoms with E-state index in [-0.39, 0.29) is 17.6 Å². The highest BCUT2D eigenvalue weighted by Gasteiger charge is 2.17.